The van der Waals surface area contributed by atoms with Crippen LogP contribution >= 0.6 is 0 Å². The summed E-state index contributed by atoms with van der Waals surface area (Å²) in [7, 11) is 0. The molecule has 4 nitrogen and oxygen atoms in total. The summed E-state index contributed by atoms with van der Waals surface area (Å²) in [6.07, 6.45) is 0. The number of hydrogen-bond acceptors (Lipinski definition) is 3. The van der Waals surface area contributed by atoms with Crippen LogP contribution in [-0.4, -0.2) is 11.1 Å². The van der Waals surface area contributed by atoms with Crippen molar-refractivity contribution in [2.75, 3.05) is 5.32 Å². The number of aromatic nitrogens is 1. The molecule has 0 aliphatic heterocycles. The molecule has 3 rings (SSSR count). The number of rotatable bonds is 3. The first-order valence-electron chi connectivity index (χ1n) is 7.14. The molecule has 0 saturated heterocycles. The number of amides is 1. The summed E-state index contributed by atoms with van der Waals surface area (Å²) in [4.78, 5) is 12.2. The van der Waals surface area contributed by atoms with Crippen molar-refractivity contribution in [3.05, 3.63) is 71.2 Å². The number of aryl methyl sites for hydroxylation is 2. The molecule has 0 radical (unpaired) electrons. The van der Waals surface area contributed by atoms with Crippen molar-refractivity contribution >= 4 is 11.6 Å². The monoisotopic (exact) mass is 310 g/mol. The van der Waals surface area contributed by atoms with Gasteiger partial charge in [-0.3, -0.25) is 4.79 Å². The Morgan fingerprint density at radius 2 is 1.96 bits per heavy atom. The summed E-state index contributed by atoms with van der Waals surface area (Å²) in [6, 6.07) is 13.2. The van der Waals surface area contributed by atoms with E-state index in [0.29, 0.717) is 16.9 Å². The molecule has 2 aromatic carbocycles. The maximum absolute atomic E-state index is 13.2. The number of nitrogens with one attached hydrogen (secondary N) is 1. The quantitative estimate of drug-likeness (QED) is 0.782. The highest BCUT2D eigenvalue weighted by Gasteiger charge is 2.15. The Morgan fingerprint density at radius 3 is 2.70 bits per heavy atom. The summed E-state index contributed by atoms with van der Waals surface area (Å²) in [5.41, 5.74) is 3.76. The molecular weight excluding hydrogens is 295 g/mol. The van der Waals surface area contributed by atoms with Gasteiger partial charge in [0.15, 0.2) is 0 Å². The number of benzene rings is 2. The first kappa shape index (κ1) is 15.0. The van der Waals surface area contributed by atoms with Crippen LogP contribution in [-0.2, 0) is 0 Å². The molecule has 1 amide bonds. The number of anilines is 1. The lowest BCUT2D eigenvalue weighted by atomic mass is 10.1. The van der Waals surface area contributed by atoms with Crippen molar-refractivity contribution in [3.63, 3.8) is 0 Å². The molecule has 3 aromatic rings. The Morgan fingerprint density at radius 1 is 1.13 bits per heavy atom. The minimum atomic E-state index is -0.396. The number of halogens is 1. The minimum Gasteiger partial charge on any atom is -0.350 e. The normalized spacial score (nSPS) is 10.6. The highest BCUT2D eigenvalue weighted by molar-refractivity contribution is 6.03. The third-order valence-electron chi connectivity index (χ3n) is 3.48. The van der Waals surface area contributed by atoms with E-state index in [2.05, 4.69) is 10.5 Å². The van der Waals surface area contributed by atoms with Crippen molar-refractivity contribution < 1.29 is 13.7 Å². The zero-order valence-electron chi connectivity index (χ0n) is 12.8. The lowest BCUT2D eigenvalue weighted by Gasteiger charge is -2.07. The van der Waals surface area contributed by atoms with Gasteiger partial charge >= 0.3 is 0 Å². The zero-order chi connectivity index (χ0) is 16.4. The Balaban J connectivity index is 1.81. The average molecular weight is 310 g/mol. The van der Waals surface area contributed by atoms with Crippen molar-refractivity contribution in [2.45, 2.75) is 13.8 Å². The third-order valence-corrected chi connectivity index (χ3v) is 3.48. The second-order valence-electron chi connectivity index (χ2n) is 5.36. The first-order chi connectivity index (χ1) is 11.0. The molecule has 1 aromatic heterocycles. The Kier molecular flexibility index (Phi) is 3.93. The van der Waals surface area contributed by atoms with Crippen LogP contribution in [0.25, 0.3) is 11.3 Å². The van der Waals surface area contributed by atoms with E-state index in [1.54, 1.807) is 12.1 Å². The molecule has 23 heavy (non-hydrogen) atoms. The topological polar surface area (TPSA) is 55.1 Å². The van der Waals surface area contributed by atoms with Gasteiger partial charge in [-0.25, -0.2) is 4.39 Å². The van der Waals surface area contributed by atoms with Crippen LogP contribution in [0.2, 0.25) is 0 Å². The zero-order valence-corrected chi connectivity index (χ0v) is 12.8. The summed E-state index contributed by atoms with van der Waals surface area (Å²) < 4.78 is 18.3. The van der Waals surface area contributed by atoms with E-state index in [1.165, 1.54) is 18.2 Å². The van der Waals surface area contributed by atoms with Crippen LogP contribution in [0.5, 0.6) is 0 Å². The van der Waals surface area contributed by atoms with Crippen LogP contribution in [0.3, 0.4) is 0 Å². The van der Waals surface area contributed by atoms with Gasteiger partial charge in [0, 0.05) is 17.3 Å². The molecule has 0 fully saturated rings. The van der Waals surface area contributed by atoms with Gasteiger partial charge in [-0.15, -0.1) is 0 Å². The van der Waals surface area contributed by atoms with Crippen LogP contribution in [0.1, 0.15) is 21.7 Å². The maximum atomic E-state index is 13.2. The number of carbonyl (C=O) groups excluding carboxylic acids is 1. The number of nitrogens with zero attached hydrogens (tertiary/aromatic N) is 1. The molecule has 0 saturated carbocycles. The molecule has 0 aliphatic rings. The van der Waals surface area contributed by atoms with Gasteiger partial charge in [0.1, 0.15) is 11.5 Å². The first-order valence-corrected chi connectivity index (χ1v) is 7.14. The van der Waals surface area contributed by atoms with Crippen molar-refractivity contribution in [1.29, 1.82) is 0 Å². The Bertz CT molecular complexity index is 871. The molecule has 5 heteroatoms. The fraction of sp³-hybridized carbons (Fsp3) is 0.111. The highest BCUT2D eigenvalue weighted by Crippen LogP contribution is 2.21. The van der Waals surface area contributed by atoms with E-state index in [1.807, 2.05) is 32.0 Å². The van der Waals surface area contributed by atoms with E-state index in [4.69, 9.17) is 4.52 Å². The molecule has 0 bridgehead atoms. The summed E-state index contributed by atoms with van der Waals surface area (Å²) in [5, 5.41) is 6.61. The standard InChI is InChI=1S/C18H15FN2O2/c1-11-6-7-15(12(2)8-11)20-18(22)17-10-16(21-23-17)13-4-3-5-14(19)9-13/h3-10H,1-2H3,(H,20,22). The van der Waals surface area contributed by atoms with E-state index in [9.17, 15) is 9.18 Å². The van der Waals surface area contributed by atoms with E-state index < -0.39 is 5.91 Å². The summed E-state index contributed by atoms with van der Waals surface area (Å²) >= 11 is 0. The van der Waals surface area contributed by atoms with Gasteiger partial charge in [0.25, 0.3) is 5.91 Å². The van der Waals surface area contributed by atoms with E-state index in [0.717, 1.165) is 11.1 Å². The Hall–Kier alpha value is -2.95. The van der Waals surface area contributed by atoms with Crippen LogP contribution in [0.15, 0.2) is 53.1 Å². The molecule has 1 heterocycles. The molecule has 0 spiro atoms. The highest BCUT2D eigenvalue weighted by atomic mass is 19.1. The van der Waals surface area contributed by atoms with Crippen LogP contribution < -0.4 is 5.32 Å². The number of hydrogen-bond donors (Lipinski definition) is 1. The SMILES string of the molecule is Cc1ccc(NC(=O)c2cc(-c3cccc(F)c3)no2)c(C)c1. The number of carbonyl (C=O) groups is 1. The van der Waals surface area contributed by atoms with E-state index >= 15 is 0 Å². The fourth-order valence-corrected chi connectivity index (χ4v) is 2.30. The fourth-order valence-electron chi connectivity index (χ4n) is 2.30. The van der Waals surface area contributed by atoms with Gasteiger partial charge in [-0.05, 0) is 37.6 Å². The van der Waals surface area contributed by atoms with Crippen molar-refractivity contribution in [3.8, 4) is 11.3 Å². The van der Waals surface area contributed by atoms with Gasteiger partial charge in [0.05, 0.1) is 0 Å². The molecule has 0 aliphatic carbocycles. The third kappa shape index (κ3) is 3.29. The lowest BCUT2D eigenvalue weighted by Crippen LogP contribution is -2.11. The van der Waals surface area contributed by atoms with Crippen molar-refractivity contribution in [2.24, 2.45) is 0 Å². The molecule has 0 atom stereocenters. The van der Waals surface area contributed by atoms with Gasteiger partial charge < -0.3 is 9.84 Å². The predicted octanol–water partition coefficient (Wildman–Crippen LogP) is 4.35. The smallest absolute Gasteiger partial charge is 0.294 e. The van der Waals surface area contributed by atoms with Gasteiger partial charge in [-0.1, -0.05) is 35.0 Å². The van der Waals surface area contributed by atoms with E-state index in [-0.39, 0.29) is 11.6 Å². The summed E-state index contributed by atoms with van der Waals surface area (Å²) in [6.45, 7) is 3.90. The second kappa shape index (κ2) is 6.04. The molecular formula is C18H15FN2O2. The van der Waals surface area contributed by atoms with Crippen LogP contribution in [0, 0.1) is 19.7 Å². The molecule has 116 valence electrons. The van der Waals surface area contributed by atoms with Crippen LogP contribution in [0.4, 0.5) is 10.1 Å². The van der Waals surface area contributed by atoms with Crippen molar-refractivity contribution in [1.82, 2.24) is 5.16 Å². The second-order valence-corrected chi connectivity index (χ2v) is 5.36. The van der Waals surface area contributed by atoms with Gasteiger partial charge in [0.2, 0.25) is 5.76 Å². The maximum Gasteiger partial charge on any atom is 0.294 e. The minimum absolute atomic E-state index is 0.0734. The van der Waals surface area contributed by atoms with Gasteiger partial charge in [-0.2, -0.15) is 0 Å². The molecule has 0 unspecified atom stereocenters. The molecule has 1 N–H and O–H groups in total. The largest absolute Gasteiger partial charge is 0.350 e. The Labute approximate surface area is 132 Å². The lowest BCUT2D eigenvalue weighted by molar-refractivity contribution is 0.0988. The predicted molar refractivity (Wildman–Crippen MR) is 85.8 cm³/mol. The summed E-state index contributed by atoms with van der Waals surface area (Å²) in [5.74, 6) is -0.692. The average Bonchev–Trinajstić information content (AvgIpc) is 3.00.